The van der Waals surface area contributed by atoms with Crippen molar-refractivity contribution in [1.29, 1.82) is 0 Å². The molecule has 0 saturated carbocycles. The second-order valence-electron chi connectivity index (χ2n) is 4.37. The van der Waals surface area contributed by atoms with Crippen molar-refractivity contribution in [2.24, 2.45) is 5.16 Å². The summed E-state index contributed by atoms with van der Waals surface area (Å²) in [6.45, 7) is 2.17. The highest BCUT2D eigenvalue weighted by Gasteiger charge is 2.02. The maximum atomic E-state index is 8.97. The first kappa shape index (κ1) is 16.1. The maximum absolute atomic E-state index is 8.97. The molecule has 0 unspecified atom stereocenters. The molecular weight excluding hydrogens is 281 g/mol. The number of allylic oxidation sites excluding steroid dienone is 1. The zero-order chi connectivity index (χ0) is 14.1. The van der Waals surface area contributed by atoms with Gasteiger partial charge in [-0.3, -0.25) is 0 Å². The van der Waals surface area contributed by atoms with Gasteiger partial charge in [-0.15, -0.1) is 0 Å². The lowest BCUT2D eigenvalue weighted by Crippen LogP contribution is -1.94. The van der Waals surface area contributed by atoms with Gasteiger partial charge in [0.2, 0.25) is 0 Å². The second-order valence-corrected chi connectivity index (χ2v) is 5.19. The van der Waals surface area contributed by atoms with E-state index < -0.39 is 0 Å². The van der Waals surface area contributed by atoms with E-state index in [1.807, 2.05) is 0 Å². The van der Waals surface area contributed by atoms with Gasteiger partial charge in [-0.05, 0) is 31.1 Å². The highest BCUT2D eigenvalue weighted by molar-refractivity contribution is 6.37. The molecule has 0 amide bonds. The molecule has 1 N–H and O–H groups in total. The standard InChI is InChI=1S/C15H19Cl2NO/c1-2-3-4-5-7-12(18-19)10-11-13-14(16)8-6-9-15(13)17/h6,8-11,19H,2-5,7H2,1H3/b11-10-,18-12+. The van der Waals surface area contributed by atoms with Gasteiger partial charge in [0.1, 0.15) is 0 Å². The van der Waals surface area contributed by atoms with Crippen molar-refractivity contribution in [3.05, 3.63) is 39.9 Å². The number of hydrogen-bond acceptors (Lipinski definition) is 2. The summed E-state index contributed by atoms with van der Waals surface area (Å²) in [6.07, 6.45) is 8.88. The fraction of sp³-hybridized carbons (Fsp3) is 0.400. The molecule has 104 valence electrons. The Morgan fingerprint density at radius 2 is 1.89 bits per heavy atom. The van der Waals surface area contributed by atoms with E-state index in [4.69, 9.17) is 28.4 Å². The highest BCUT2D eigenvalue weighted by atomic mass is 35.5. The number of hydrogen-bond donors (Lipinski definition) is 1. The largest absolute Gasteiger partial charge is 0.411 e. The Labute approximate surface area is 124 Å². The van der Waals surface area contributed by atoms with Crippen LogP contribution < -0.4 is 0 Å². The summed E-state index contributed by atoms with van der Waals surface area (Å²) < 4.78 is 0. The van der Waals surface area contributed by atoms with E-state index in [0.717, 1.165) is 24.8 Å². The van der Waals surface area contributed by atoms with Crippen molar-refractivity contribution in [3.63, 3.8) is 0 Å². The smallest absolute Gasteiger partial charge is 0.0795 e. The number of oxime groups is 1. The molecule has 0 aliphatic carbocycles. The SMILES string of the molecule is CCCCCCC(/C=C\c1c(Cl)cccc1Cl)=N\O. The van der Waals surface area contributed by atoms with Gasteiger partial charge in [-0.25, -0.2) is 0 Å². The predicted octanol–water partition coefficient (Wildman–Crippen LogP) is 5.81. The molecule has 2 nitrogen and oxygen atoms in total. The molecule has 19 heavy (non-hydrogen) atoms. The number of rotatable bonds is 7. The molecule has 0 radical (unpaired) electrons. The summed E-state index contributed by atoms with van der Waals surface area (Å²) in [6, 6.07) is 5.36. The minimum Gasteiger partial charge on any atom is -0.411 e. The molecule has 1 rings (SSSR count). The van der Waals surface area contributed by atoms with Crippen LogP contribution in [-0.2, 0) is 0 Å². The van der Waals surface area contributed by atoms with E-state index >= 15 is 0 Å². The van der Waals surface area contributed by atoms with Gasteiger partial charge in [-0.1, -0.05) is 66.7 Å². The summed E-state index contributed by atoms with van der Waals surface area (Å²) in [5, 5.41) is 13.5. The average Bonchev–Trinajstić information content (AvgIpc) is 2.40. The van der Waals surface area contributed by atoms with Crippen LogP contribution in [0.25, 0.3) is 6.08 Å². The van der Waals surface area contributed by atoms with Gasteiger partial charge < -0.3 is 5.21 Å². The fourth-order valence-electron chi connectivity index (χ4n) is 1.75. The van der Waals surface area contributed by atoms with E-state index in [0.29, 0.717) is 15.8 Å². The van der Waals surface area contributed by atoms with Crippen LogP contribution in [0.3, 0.4) is 0 Å². The Hall–Kier alpha value is -0.990. The lowest BCUT2D eigenvalue weighted by atomic mass is 10.1. The first-order chi connectivity index (χ1) is 9.19. The van der Waals surface area contributed by atoms with Crippen LogP contribution in [0, 0.1) is 0 Å². The number of nitrogens with zero attached hydrogens (tertiary/aromatic N) is 1. The van der Waals surface area contributed by atoms with Gasteiger partial charge in [-0.2, -0.15) is 0 Å². The summed E-state index contributed by atoms with van der Waals surface area (Å²) in [5.74, 6) is 0. The van der Waals surface area contributed by atoms with Crippen molar-refractivity contribution in [3.8, 4) is 0 Å². The van der Waals surface area contributed by atoms with Crippen molar-refractivity contribution >= 4 is 35.0 Å². The molecule has 4 heteroatoms. The summed E-state index contributed by atoms with van der Waals surface area (Å²) in [4.78, 5) is 0. The number of unbranched alkanes of at least 4 members (excludes halogenated alkanes) is 3. The molecule has 0 fully saturated rings. The van der Waals surface area contributed by atoms with Crippen LogP contribution in [0.5, 0.6) is 0 Å². The number of benzene rings is 1. The van der Waals surface area contributed by atoms with Gasteiger partial charge in [0.25, 0.3) is 0 Å². The van der Waals surface area contributed by atoms with Crippen molar-refractivity contribution in [2.75, 3.05) is 0 Å². The molecule has 1 aromatic carbocycles. The van der Waals surface area contributed by atoms with Crippen LogP contribution in [-0.4, -0.2) is 10.9 Å². The lowest BCUT2D eigenvalue weighted by Gasteiger charge is -2.02. The second kappa shape index (κ2) is 9.00. The van der Waals surface area contributed by atoms with E-state index in [1.54, 1.807) is 30.4 Å². The highest BCUT2D eigenvalue weighted by Crippen LogP contribution is 2.25. The van der Waals surface area contributed by atoms with Crippen molar-refractivity contribution < 1.29 is 5.21 Å². The monoisotopic (exact) mass is 299 g/mol. The van der Waals surface area contributed by atoms with Crippen LogP contribution in [0.1, 0.15) is 44.6 Å². The lowest BCUT2D eigenvalue weighted by molar-refractivity contribution is 0.318. The third-order valence-electron chi connectivity index (χ3n) is 2.86. The third-order valence-corrected chi connectivity index (χ3v) is 3.52. The Kier molecular flexibility index (Phi) is 7.61. The van der Waals surface area contributed by atoms with E-state index in [9.17, 15) is 0 Å². The minimum absolute atomic E-state index is 0.590. The van der Waals surface area contributed by atoms with E-state index in [2.05, 4.69) is 12.1 Å². The van der Waals surface area contributed by atoms with Crippen LogP contribution in [0.15, 0.2) is 29.4 Å². The molecular formula is C15H19Cl2NO. The molecule has 0 bridgehead atoms. The van der Waals surface area contributed by atoms with Crippen LogP contribution >= 0.6 is 23.2 Å². The Morgan fingerprint density at radius 1 is 1.21 bits per heavy atom. The quantitative estimate of drug-likeness (QED) is 0.293. The van der Waals surface area contributed by atoms with Gasteiger partial charge in [0, 0.05) is 15.6 Å². The van der Waals surface area contributed by atoms with Crippen molar-refractivity contribution in [2.45, 2.75) is 39.0 Å². The zero-order valence-corrected chi connectivity index (χ0v) is 12.6. The molecule has 0 heterocycles. The molecule has 0 spiro atoms. The zero-order valence-electron chi connectivity index (χ0n) is 11.1. The Balaban J connectivity index is 2.63. The third kappa shape index (κ3) is 5.66. The topological polar surface area (TPSA) is 32.6 Å². The predicted molar refractivity (Wildman–Crippen MR) is 83.5 cm³/mol. The van der Waals surface area contributed by atoms with Gasteiger partial charge in [0.15, 0.2) is 0 Å². The molecule has 0 atom stereocenters. The van der Waals surface area contributed by atoms with Gasteiger partial charge >= 0.3 is 0 Å². The average molecular weight is 300 g/mol. The molecule has 0 saturated heterocycles. The van der Waals surface area contributed by atoms with Crippen LogP contribution in [0.4, 0.5) is 0 Å². The van der Waals surface area contributed by atoms with Crippen molar-refractivity contribution in [1.82, 2.24) is 0 Å². The summed E-state index contributed by atoms with van der Waals surface area (Å²) in [5.41, 5.74) is 1.40. The fourth-order valence-corrected chi connectivity index (χ4v) is 2.27. The molecule has 0 aliphatic rings. The van der Waals surface area contributed by atoms with Crippen LogP contribution in [0.2, 0.25) is 10.0 Å². The molecule has 0 aromatic heterocycles. The minimum atomic E-state index is 0.590. The first-order valence-electron chi connectivity index (χ1n) is 6.52. The van der Waals surface area contributed by atoms with E-state index in [1.165, 1.54) is 12.8 Å². The molecule has 0 aliphatic heterocycles. The first-order valence-corrected chi connectivity index (χ1v) is 7.27. The summed E-state index contributed by atoms with van der Waals surface area (Å²) >= 11 is 12.1. The maximum Gasteiger partial charge on any atom is 0.0795 e. The summed E-state index contributed by atoms with van der Waals surface area (Å²) in [7, 11) is 0. The Bertz CT molecular complexity index is 435. The molecule has 1 aromatic rings. The number of halogens is 2. The van der Waals surface area contributed by atoms with Gasteiger partial charge in [0.05, 0.1) is 5.71 Å². The normalized spacial score (nSPS) is 12.3. The van der Waals surface area contributed by atoms with E-state index in [-0.39, 0.29) is 0 Å². The Morgan fingerprint density at radius 3 is 2.47 bits per heavy atom.